The average molecular weight is 247 g/mol. The van der Waals surface area contributed by atoms with E-state index >= 15 is 0 Å². The number of rotatable bonds is 4. The van der Waals surface area contributed by atoms with Gasteiger partial charge in [0.25, 0.3) is 0 Å². The second-order valence-corrected chi connectivity index (χ2v) is 4.92. The molecule has 0 saturated heterocycles. The fraction of sp³-hybridized carbons (Fsp3) is 0.818. The molecule has 100 valence electrons. The van der Waals surface area contributed by atoms with E-state index < -0.39 is 23.2 Å². The van der Waals surface area contributed by atoms with E-state index in [0.29, 0.717) is 0 Å². The average Bonchev–Trinajstić information content (AvgIpc) is 2.13. The molecule has 0 fully saturated rings. The van der Waals surface area contributed by atoms with Crippen LogP contribution in [0.1, 0.15) is 34.1 Å². The van der Waals surface area contributed by atoms with Crippen LogP contribution in [-0.4, -0.2) is 42.0 Å². The Balaban J connectivity index is 4.66. The Kier molecular flexibility index (Phi) is 5.41. The molecule has 0 saturated carbocycles. The number of amides is 1. The maximum Gasteiger partial charge on any atom is 0.408 e. The molecule has 2 N–H and O–H groups in total. The minimum absolute atomic E-state index is 0.0545. The summed E-state index contributed by atoms with van der Waals surface area (Å²) in [4.78, 5) is 23.1. The molecule has 0 aliphatic carbocycles. The van der Waals surface area contributed by atoms with Crippen LogP contribution in [0.15, 0.2) is 0 Å². The quantitative estimate of drug-likeness (QED) is 0.719. The molecule has 17 heavy (non-hydrogen) atoms. The van der Waals surface area contributed by atoms with Crippen LogP contribution in [0.4, 0.5) is 4.79 Å². The van der Waals surface area contributed by atoms with E-state index in [1.54, 1.807) is 20.8 Å². The molecule has 0 aromatic heterocycles. The molecule has 0 aliphatic rings. The van der Waals surface area contributed by atoms with Crippen LogP contribution in [0.3, 0.4) is 0 Å². The van der Waals surface area contributed by atoms with E-state index in [1.165, 1.54) is 14.0 Å². The monoisotopic (exact) mass is 247 g/mol. The topological polar surface area (TPSA) is 84.9 Å². The molecule has 1 amide bonds. The van der Waals surface area contributed by atoms with Crippen molar-refractivity contribution in [3.8, 4) is 0 Å². The lowest BCUT2D eigenvalue weighted by Gasteiger charge is -2.29. The number of alkyl carbamates (subject to hydrolysis) is 1. The summed E-state index contributed by atoms with van der Waals surface area (Å²) in [6, 6.07) is 0. The van der Waals surface area contributed by atoms with Crippen molar-refractivity contribution in [1.82, 2.24) is 5.32 Å². The third-order valence-corrected chi connectivity index (χ3v) is 2.02. The lowest BCUT2D eigenvalue weighted by Crippen LogP contribution is -2.54. The van der Waals surface area contributed by atoms with Gasteiger partial charge in [-0.15, -0.1) is 0 Å². The molecular weight excluding hydrogens is 226 g/mol. The molecule has 0 bridgehead atoms. The SMILES string of the molecule is COC(=O)[C@@](C)(CCO)NC(=O)OC(C)(C)C. The van der Waals surface area contributed by atoms with E-state index in [1.807, 2.05) is 0 Å². The van der Waals surface area contributed by atoms with Crippen LogP contribution in [0.5, 0.6) is 0 Å². The van der Waals surface area contributed by atoms with Crippen LogP contribution in [0.2, 0.25) is 0 Å². The second kappa shape index (κ2) is 5.86. The highest BCUT2D eigenvalue weighted by atomic mass is 16.6. The van der Waals surface area contributed by atoms with Crippen LogP contribution in [-0.2, 0) is 14.3 Å². The van der Waals surface area contributed by atoms with Crippen molar-refractivity contribution in [2.45, 2.75) is 45.3 Å². The van der Waals surface area contributed by atoms with Gasteiger partial charge in [-0.3, -0.25) is 0 Å². The van der Waals surface area contributed by atoms with Gasteiger partial charge in [0.1, 0.15) is 11.1 Å². The van der Waals surface area contributed by atoms with Gasteiger partial charge in [-0.25, -0.2) is 9.59 Å². The van der Waals surface area contributed by atoms with E-state index in [2.05, 4.69) is 10.1 Å². The van der Waals surface area contributed by atoms with Crippen LogP contribution < -0.4 is 5.32 Å². The summed E-state index contributed by atoms with van der Waals surface area (Å²) in [6.45, 7) is 6.37. The summed E-state index contributed by atoms with van der Waals surface area (Å²) < 4.78 is 9.61. The van der Waals surface area contributed by atoms with Gasteiger partial charge in [-0.1, -0.05) is 0 Å². The highest BCUT2D eigenvalue weighted by molar-refractivity contribution is 5.85. The van der Waals surface area contributed by atoms with Crippen molar-refractivity contribution in [3.05, 3.63) is 0 Å². The number of ether oxygens (including phenoxy) is 2. The zero-order valence-electron chi connectivity index (χ0n) is 11.0. The molecule has 0 spiro atoms. The normalized spacial score (nSPS) is 14.7. The molecule has 0 aromatic rings. The predicted octanol–water partition coefficient (Wildman–Crippen LogP) is 0.825. The zero-order valence-corrected chi connectivity index (χ0v) is 11.0. The van der Waals surface area contributed by atoms with Crippen molar-refractivity contribution in [1.29, 1.82) is 0 Å². The van der Waals surface area contributed by atoms with Crippen LogP contribution in [0, 0.1) is 0 Å². The molecular formula is C11H21NO5. The summed E-state index contributed by atoms with van der Waals surface area (Å²) >= 11 is 0. The predicted molar refractivity (Wildman–Crippen MR) is 61.5 cm³/mol. The van der Waals surface area contributed by atoms with Crippen molar-refractivity contribution in [3.63, 3.8) is 0 Å². The smallest absolute Gasteiger partial charge is 0.408 e. The van der Waals surface area contributed by atoms with Gasteiger partial charge in [0.05, 0.1) is 7.11 Å². The van der Waals surface area contributed by atoms with Gasteiger partial charge in [0.15, 0.2) is 0 Å². The first-order valence-corrected chi connectivity index (χ1v) is 5.35. The Labute approximate surface area is 101 Å². The van der Waals surface area contributed by atoms with Crippen molar-refractivity contribution in [2.75, 3.05) is 13.7 Å². The largest absolute Gasteiger partial charge is 0.467 e. The molecule has 6 nitrogen and oxygen atoms in total. The number of hydrogen-bond acceptors (Lipinski definition) is 5. The Morgan fingerprint density at radius 1 is 1.24 bits per heavy atom. The maximum atomic E-state index is 11.5. The van der Waals surface area contributed by atoms with Gasteiger partial charge in [0.2, 0.25) is 0 Å². The Bertz CT molecular complexity index is 284. The molecule has 0 unspecified atom stereocenters. The first-order chi connectivity index (χ1) is 7.64. The number of esters is 1. The fourth-order valence-corrected chi connectivity index (χ4v) is 1.19. The van der Waals surface area contributed by atoms with Gasteiger partial charge in [-0.2, -0.15) is 0 Å². The first-order valence-electron chi connectivity index (χ1n) is 5.35. The van der Waals surface area contributed by atoms with E-state index in [-0.39, 0.29) is 13.0 Å². The first kappa shape index (κ1) is 15.7. The number of hydrogen-bond donors (Lipinski definition) is 2. The molecule has 0 heterocycles. The standard InChI is InChI=1S/C11H21NO5/c1-10(2,3)17-9(15)12-11(4,6-7-13)8(14)16-5/h13H,6-7H2,1-5H3,(H,12,15)/t11-/m1/s1. The van der Waals surface area contributed by atoms with Crippen molar-refractivity contribution < 1.29 is 24.2 Å². The number of methoxy groups -OCH3 is 1. The lowest BCUT2D eigenvalue weighted by atomic mass is 9.99. The molecule has 0 radical (unpaired) electrons. The highest BCUT2D eigenvalue weighted by Gasteiger charge is 2.36. The molecule has 0 aromatic carbocycles. The van der Waals surface area contributed by atoms with Crippen molar-refractivity contribution in [2.24, 2.45) is 0 Å². The third kappa shape index (κ3) is 5.53. The summed E-state index contributed by atoms with van der Waals surface area (Å²) in [5.41, 5.74) is -1.94. The minimum atomic E-state index is -1.29. The Morgan fingerprint density at radius 2 is 1.76 bits per heavy atom. The highest BCUT2D eigenvalue weighted by Crippen LogP contribution is 2.14. The summed E-state index contributed by atoms with van der Waals surface area (Å²) in [5.74, 6) is -0.627. The van der Waals surface area contributed by atoms with E-state index in [0.717, 1.165) is 0 Å². The number of aliphatic hydroxyl groups excluding tert-OH is 1. The zero-order chi connectivity index (χ0) is 13.7. The van der Waals surface area contributed by atoms with Gasteiger partial charge >= 0.3 is 12.1 Å². The van der Waals surface area contributed by atoms with Gasteiger partial charge in [-0.05, 0) is 27.7 Å². The number of carbonyl (C=O) groups is 2. The Morgan fingerprint density at radius 3 is 2.12 bits per heavy atom. The third-order valence-electron chi connectivity index (χ3n) is 2.02. The van der Waals surface area contributed by atoms with Gasteiger partial charge in [0, 0.05) is 13.0 Å². The molecule has 0 rings (SSSR count). The summed E-state index contributed by atoms with van der Waals surface area (Å²) in [6.07, 6.45) is -0.669. The second-order valence-electron chi connectivity index (χ2n) is 4.92. The number of nitrogens with one attached hydrogen (secondary N) is 1. The van der Waals surface area contributed by atoms with Crippen LogP contribution >= 0.6 is 0 Å². The molecule has 6 heteroatoms. The minimum Gasteiger partial charge on any atom is -0.467 e. The molecule has 1 atom stereocenters. The number of carbonyl (C=O) groups excluding carboxylic acids is 2. The fourth-order valence-electron chi connectivity index (χ4n) is 1.19. The number of aliphatic hydroxyl groups is 1. The Hall–Kier alpha value is -1.30. The molecule has 0 aliphatic heterocycles. The summed E-state index contributed by atoms with van der Waals surface area (Å²) in [7, 11) is 1.22. The van der Waals surface area contributed by atoms with E-state index in [4.69, 9.17) is 9.84 Å². The lowest BCUT2D eigenvalue weighted by molar-refractivity contribution is -0.148. The summed E-state index contributed by atoms with van der Waals surface area (Å²) in [5, 5.41) is 11.3. The maximum absolute atomic E-state index is 11.5. The van der Waals surface area contributed by atoms with Crippen LogP contribution in [0.25, 0.3) is 0 Å². The van der Waals surface area contributed by atoms with E-state index in [9.17, 15) is 9.59 Å². The van der Waals surface area contributed by atoms with Gasteiger partial charge < -0.3 is 19.9 Å². The van der Waals surface area contributed by atoms with Crippen molar-refractivity contribution >= 4 is 12.1 Å².